The van der Waals surface area contributed by atoms with Crippen molar-refractivity contribution in [3.8, 4) is 0 Å². The Kier molecular flexibility index (Phi) is 3.72. The van der Waals surface area contributed by atoms with Crippen LogP contribution in [-0.4, -0.2) is 22.6 Å². The molecule has 2 atom stereocenters. The monoisotopic (exact) mass is 270 g/mol. The summed E-state index contributed by atoms with van der Waals surface area (Å²) in [6, 6.07) is 8.73. The van der Waals surface area contributed by atoms with Crippen molar-refractivity contribution in [2.45, 2.75) is 39.2 Å². The van der Waals surface area contributed by atoms with Crippen LogP contribution in [0.5, 0.6) is 0 Å². The van der Waals surface area contributed by atoms with Crippen LogP contribution in [0.3, 0.4) is 0 Å². The Labute approximate surface area is 120 Å². The minimum atomic E-state index is 0.530. The number of nitrogens with one attached hydrogen (secondary N) is 2. The molecule has 1 saturated carbocycles. The lowest BCUT2D eigenvalue weighted by Crippen LogP contribution is -2.23. The summed E-state index contributed by atoms with van der Waals surface area (Å²) in [5.74, 6) is 2.39. The Bertz CT molecular complexity index is 596. The van der Waals surface area contributed by atoms with Gasteiger partial charge in [-0.05, 0) is 37.8 Å². The number of anilines is 2. The molecule has 2 aromatic rings. The van der Waals surface area contributed by atoms with E-state index in [-0.39, 0.29) is 0 Å². The molecule has 3 rings (SSSR count). The Hall–Kier alpha value is -1.84. The minimum absolute atomic E-state index is 0.530. The number of hydrogen-bond acceptors (Lipinski definition) is 4. The largest absolute Gasteiger partial charge is 0.366 e. The molecule has 1 fully saturated rings. The molecule has 1 aromatic carbocycles. The van der Waals surface area contributed by atoms with E-state index in [0.717, 1.165) is 23.3 Å². The quantitative estimate of drug-likeness (QED) is 0.890. The smallest absolute Gasteiger partial charge is 0.225 e. The first-order chi connectivity index (χ1) is 9.78. The average molecular weight is 270 g/mol. The van der Waals surface area contributed by atoms with Crippen molar-refractivity contribution in [3.63, 3.8) is 0 Å². The zero-order valence-electron chi connectivity index (χ0n) is 12.2. The van der Waals surface area contributed by atoms with Gasteiger partial charge in [-0.2, -0.15) is 4.98 Å². The van der Waals surface area contributed by atoms with Crippen LogP contribution in [0.4, 0.5) is 11.8 Å². The molecule has 0 aliphatic heterocycles. The Morgan fingerprint density at radius 3 is 2.80 bits per heavy atom. The average Bonchev–Trinajstić information content (AvgIpc) is 2.85. The van der Waals surface area contributed by atoms with Crippen molar-refractivity contribution in [1.82, 2.24) is 9.97 Å². The summed E-state index contributed by atoms with van der Waals surface area (Å²) in [6.07, 6.45) is 3.85. The lowest BCUT2D eigenvalue weighted by atomic mass is 10.1. The maximum atomic E-state index is 4.66. The third-order valence-electron chi connectivity index (χ3n) is 4.12. The molecule has 1 aliphatic rings. The van der Waals surface area contributed by atoms with Gasteiger partial charge in [-0.3, -0.25) is 0 Å². The van der Waals surface area contributed by atoms with Gasteiger partial charge in [0.2, 0.25) is 5.95 Å². The first-order valence-electron chi connectivity index (χ1n) is 7.55. The van der Waals surface area contributed by atoms with Crippen LogP contribution in [0.25, 0.3) is 10.9 Å². The molecule has 2 N–H and O–H groups in total. The first-order valence-corrected chi connectivity index (χ1v) is 7.55. The number of fused-ring (bicyclic) bond motifs is 1. The van der Waals surface area contributed by atoms with Crippen LogP contribution >= 0.6 is 0 Å². The topological polar surface area (TPSA) is 49.8 Å². The molecule has 1 aliphatic carbocycles. The van der Waals surface area contributed by atoms with Gasteiger partial charge in [0, 0.05) is 18.0 Å². The summed E-state index contributed by atoms with van der Waals surface area (Å²) >= 11 is 0. The molecule has 0 saturated heterocycles. The molecular weight excluding hydrogens is 248 g/mol. The van der Waals surface area contributed by atoms with E-state index in [1.165, 1.54) is 19.3 Å². The summed E-state index contributed by atoms with van der Waals surface area (Å²) in [4.78, 5) is 9.21. The van der Waals surface area contributed by atoms with E-state index in [2.05, 4.69) is 40.5 Å². The molecule has 0 bridgehead atoms. The van der Waals surface area contributed by atoms with Crippen LogP contribution in [-0.2, 0) is 0 Å². The van der Waals surface area contributed by atoms with Crippen LogP contribution in [0.1, 0.15) is 33.1 Å². The van der Waals surface area contributed by atoms with Gasteiger partial charge in [0.25, 0.3) is 0 Å². The summed E-state index contributed by atoms with van der Waals surface area (Å²) in [5, 5.41) is 7.96. The number of hydrogen-bond donors (Lipinski definition) is 2. The molecule has 106 valence electrons. The number of nitrogens with zero attached hydrogens (tertiary/aromatic N) is 2. The molecule has 0 amide bonds. The third-order valence-corrected chi connectivity index (χ3v) is 4.12. The van der Waals surface area contributed by atoms with Gasteiger partial charge in [0.15, 0.2) is 0 Å². The Morgan fingerprint density at radius 2 is 2.05 bits per heavy atom. The SMILES string of the molecule is CCNc1nc(NC2CCCC2C)c2ccccc2n1. The van der Waals surface area contributed by atoms with Crippen molar-refractivity contribution < 1.29 is 0 Å². The van der Waals surface area contributed by atoms with Gasteiger partial charge < -0.3 is 10.6 Å². The molecule has 4 nitrogen and oxygen atoms in total. The maximum Gasteiger partial charge on any atom is 0.225 e. The van der Waals surface area contributed by atoms with E-state index in [4.69, 9.17) is 0 Å². The zero-order valence-corrected chi connectivity index (χ0v) is 12.2. The molecular formula is C16H22N4. The second kappa shape index (κ2) is 5.65. The normalized spacial score (nSPS) is 22.1. The highest BCUT2D eigenvalue weighted by molar-refractivity contribution is 5.90. The van der Waals surface area contributed by atoms with Gasteiger partial charge in [-0.25, -0.2) is 4.98 Å². The van der Waals surface area contributed by atoms with E-state index < -0.39 is 0 Å². The first kappa shape index (κ1) is 13.2. The summed E-state index contributed by atoms with van der Waals surface area (Å²) < 4.78 is 0. The molecule has 4 heteroatoms. The van der Waals surface area contributed by atoms with E-state index in [1.807, 2.05) is 18.2 Å². The highest BCUT2D eigenvalue weighted by Gasteiger charge is 2.24. The lowest BCUT2D eigenvalue weighted by Gasteiger charge is -2.19. The van der Waals surface area contributed by atoms with E-state index in [1.54, 1.807) is 0 Å². The maximum absolute atomic E-state index is 4.66. The predicted molar refractivity (Wildman–Crippen MR) is 84.1 cm³/mol. The van der Waals surface area contributed by atoms with Crippen molar-refractivity contribution in [2.24, 2.45) is 5.92 Å². The van der Waals surface area contributed by atoms with Crippen molar-refractivity contribution in [2.75, 3.05) is 17.2 Å². The van der Waals surface area contributed by atoms with Gasteiger partial charge in [0.05, 0.1) is 5.52 Å². The second-order valence-electron chi connectivity index (χ2n) is 5.60. The van der Waals surface area contributed by atoms with Crippen molar-refractivity contribution in [1.29, 1.82) is 0 Å². The fraction of sp³-hybridized carbons (Fsp3) is 0.500. The highest BCUT2D eigenvalue weighted by atomic mass is 15.1. The number of aromatic nitrogens is 2. The standard InChI is InChI=1S/C16H22N4/c1-3-17-16-19-14-9-5-4-8-12(14)15(20-16)18-13-10-6-7-11(13)2/h4-5,8-9,11,13H,3,6-7,10H2,1-2H3,(H2,17,18,19,20). The summed E-state index contributed by atoms with van der Waals surface area (Å²) in [7, 11) is 0. The van der Waals surface area contributed by atoms with E-state index >= 15 is 0 Å². The van der Waals surface area contributed by atoms with Gasteiger partial charge in [-0.1, -0.05) is 25.5 Å². The minimum Gasteiger partial charge on any atom is -0.366 e. The zero-order chi connectivity index (χ0) is 13.9. The summed E-state index contributed by atoms with van der Waals surface area (Å²) in [5.41, 5.74) is 0.992. The molecule has 1 heterocycles. The highest BCUT2D eigenvalue weighted by Crippen LogP contribution is 2.30. The number of rotatable bonds is 4. The van der Waals surface area contributed by atoms with Crippen LogP contribution in [0.2, 0.25) is 0 Å². The summed E-state index contributed by atoms with van der Waals surface area (Å²) in [6.45, 7) is 5.21. The van der Waals surface area contributed by atoms with E-state index in [9.17, 15) is 0 Å². The van der Waals surface area contributed by atoms with Crippen LogP contribution in [0, 0.1) is 5.92 Å². The molecule has 2 unspecified atom stereocenters. The predicted octanol–water partition coefficient (Wildman–Crippen LogP) is 3.66. The molecule has 0 spiro atoms. The van der Waals surface area contributed by atoms with E-state index in [0.29, 0.717) is 17.9 Å². The fourth-order valence-electron chi connectivity index (χ4n) is 2.96. The van der Waals surface area contributed by atoms with Gasteiger partial charge in [0.1, 0.15) is 5.82 Å². The molecule has 0 radical (unpaired) electrons. The van der Waals surface area contributed by atoms with Crippen molar-refractivity contribution in [3.05, 3.63) is 24.3 Å². The van der Waals surface area contributed by atoms with Crippen LogP contribution in [0.15, 0.2) is 24.3 Å². The lowest BCUT2D eigenvalue weighted by molar-refractivity contribution is 0.555. The molecule has 20 heavy (non-hydrogen) atoms. The van der Waals surface area contributed by atoms with Crippen molar-refractivity contribution >= 4 is 22.7 Å². The van der Waals surface area contributed by atoms with Gasteiger partial charge in [-0.15, -0.1) is 0 Å². The molecule has 1 aromatic heterocycles. The van der Waals surface area contributed by atoms with Crippen LogP contribution < -0.4 is 10.6 Å². The third kappa shape index (κ3) is 2.55. The Balaban J connectivity index is 1.98. The fourth-order valence-corrected chi connectivity index (χ4v) is 2.96. The number of benzene rings is 1. The number of para-hydroxylation sites is 1. The Morgan fingerprint density at radius 1 is 1.20 bits per heavy atom. The van der Waals surface area contributed by atoms with Gasteiger partial charge >= 0.3 is 0 Å². The second-order valence-corrected chi connectivity index (χ2v) is 5.60.